The molecule has 0 amide bonds. The molecule has 0 heterocycles. The van der Waals surface area contributed by atoms with Crippen molar-refractivity contribution in [3.8, 4) is 0 Å². The summed E-state index contributed by atoms with van der Waals surface area (Å²) in [7, 11) is -4.64. The fraction of sp³-hybridized carbons (Fsp3) is 0.667. The first-order valence-electron chi connectivity index (χ1n) is 3.50. The number of phosphoric acid groups is 1. The maximum absolute atomic E-state index is 8.88. The fourth-order valence-electron chi connectivity index (χ4n) is 0.482. The van der Waals surface area contributed by atoms with Crippen LogP contribution in [0.2, 0.25) is 0 Å². The van der Waals surface area contributed by atoms with Crippen molar-refractivity contribution in [1.82, 2.24) is 4.90 Å². The Hall–Kier alpha value is -0.350. The highest BCUT2D eigenvalue weighted by Gasteiger charge is 2.00. The van der Waals surface area contributed by atoms with E-state index in [4.69, 9.17) is 19.2 Å². The molecule has 3 N–H and O–H groups in total. The standard InChI is InChI=1S/C6H13N.H3O4P/c1-4-7(5-2)6-3;1-5(2,3)4/h4H,1,5-6H2,2-3H3;(H3,1,2,3,4). The maximum atomic E-state index is 8.88. The van der Waals surface area contributed by atoms with Gasteiger partial charge in [-0.1, -0.05) is 6.58 Å². The van der Waals surface area contributed by atoms with Gasteiger partial charge in [-0.25, -0.2) is 4.57 Å². The van der Waals surface area contributed by atoms with Crippen LogP contribution in [0.5, 0.6) is 0 Å². The zero-order chi connectivity index (χ0) is 10.2. The van der Waals surface area contributed by atoms with Crippen LogP contribution in [0.3, 0.4) is 0 Å². The molecule has 0 saturated carbocycles. The van der Waals surface area contributed by atoms with Crippen LogP contribution in [0.25, 0.3) is 0 Å². The summed E-state index contributed by atoms with van der Waals surface area (Å²) in [4.78, 5) is 23.7. The average molecular weight is 197 g/mol. The molecule has 0 radical (unpaired) electrons. The number of hydrogen-bond acceptors (Lipinski definition) is 2. The monoisotopic (exact) mass is 197 g/mol. The van der Waals surface area contributed by atoms with E-state index in [1.54, 1.807) is 0 Å². The molecule has 0 rings (SSSR count). The quantitative estimate of drug-likeness (QED) is 0.575. The molecule has 0 bridgehead atoms. The molecule has 0 aliphatic carbocycles. The smallest absolute Gasteiger partial charge is 0.378 e. The summed E-state index contributed by atoms with van der Waals surface area (Å²) in [6.07, 6.45) is 1.86. The van der Waals surface area contributed by atoms with Crippen molar-refractivity contribution in [2.75, 3.05) is 13.1 Å². The highest BCUT2D eigenvalue weighted by Crippen LogP contribution is 2.25. The van der Waals surface area contributed by atoms with E-state index in [2.05, 4.69) is 25.3 Å². The van der Waals surface area contributed by atoms with Crippen LogP contribution in [0.15, 0.2) is 12.8 Å². The lowest BCUT2D eigenvalue weighted by atomic mass is 10.5. The van der Waals surface area contributed by atoms with E-state index in [-0.39, 0.29) is 0 Å². The largest absolute Gasteiger partial charge is 0.466 e. The Morgan fingerprint density at radius 3 is 1.58 bits per heavy atom. The lowest BCUT2D eigenvalue weighted by Crippen LogP contribution is -2.14. The third-order valence-electron chi connectivity index (χ3n) is 1.07. The van der Waals surface area contributed by atoms with Crippen LogP contribution in [0, 0.1) is 0 Å². The topological polar surface area (TPSA) is 81.0 Å². The zero-order valence-electron chi connectivity index (χ0n) is 7.34. The second-order valence-electron chi connectivity index (χ2n) is 1.92. The van der Waals surface area contributed by atoms with E-state index in [0.717, 1.165) is 13.1 Å². The van der Waals surface area contributed by atoms with Crippen LogP contribution in [0.1, 0.15) is 13.8 Å². The highest BCUT2D eigenvalue weighted by molar-refractivity contribution is 7.45. The Bertz CT molecular complexity index is 143. The van der Waals surface area contributed by atoms with Gasteiger partial charge in [0, 0.05) is 13.1 Å². The van der Waals surface area contributed by atoms with Gasteiger partial charge >= 0.3 is 7.82 Å². The summed E-state index contributed by atoms with van der Waals surface area (Å²) in [5.41, 5.74) is 0. The van der Waals surface area contributed by atoms with Crippen molar-refractivity contribution in [1.29, 1.82) is 0 Å². The van der Waals surface area contributed by atoms with Crippen molar-refractivity contribution < 1.29 is 19.2 Å². The van der Waals surface area contributed by atoms with E-state index in [9.17, 15) is 0 Å². The van der Waals surface area contributed by atoms with E-state index in [0.29, 0.717) is 0 Å². The number of nitrogens with zero attached hydrogens (tertiary/aromatic N) is 1. The predicted molar refractivity (Wildman–Crippen MR) is 47.4 cm³/mol. The third kappa shape index (κ3) is 22.6. The van der Waals surface area contributed by atoms with Crippen molar-refractivity contribution in [3.63, 3.8) is 0 Å². The lowest BCUT2D eigenvalue weighted by Gasteiger charge is -2.12. The van der Waals surface area contributed by atoms with Crippen LogP contribution < -0.4 is 0 Å². The molecule has 0 fully saturated rings. The van der Waals surface area contributed by atoms with Gasteiger partial charge < -0.3 is 19.6 Å². The van der Waals surface area contributed by atoms with Gasteiger partial charge in [0.25, 0.3) is 0 Å². The Kier molecular flexibility index (Phi) is 8.64. The van der Waals surface area contributed by atoms with Crippen molar-refractivity contribution >= 4 is 7.82 Å². The fourth-order valence-corrected chi connectivity index (χ4v) is 0.482. The van der Waals surface area contributed by atoms with Gasteiger partial charge in [-0.2, -0.15) is 0 Å². The number of hydrogen-bond donors (Lipinski definition) is 3. The van der Waals surface area contributed by atoms with Crippen molar-refractivity contribution in [2.45, 2.75) is 13.8 Å². The van der Waals surface area contributed by atoms with Crippen molar-refractivity contribution in [2.24, 2.45) is 0 Å². The number of rotatable bonds is 3. The molecule has 0 aromatic carbocycles. The summed E-state index contributed by atoms with van der Waals surface area (Å²) < 4.78 is 8.88. The van der Waals surface area contributed by atoms with Gasteiger partial charge in [-0.05, 0) is 20.0 Å². The molecule has 0 unspecified atom stereocenters. The summed E-state index contributed by atoms with van der Waals surface area (Å²) in [5.74, 6) is 0. The van der Waals surface area contributed by atoms with E-state index < -0.39 is 7.82 Å². The van der Waals surface area contributed by atoms with Gasteiger partial charge in [-0.15, -0.1) is 0 Å². The normalized spacial score (nSPS) is 9.75. The third-order valence-corrected chi connectivity index (χ3v) is 1.07. The molecule has 6 heteroatoms. The first-order valence-corrected chi connectivity index (χ1v) is 5.06. The summed E-state index contributed by atoms with van der Waals surface area (Å²) in [6, 6.07) is 0. The second kappa shape index (κ2) is 7.31. The van der Waals surface area contributed by atoms with Gasteiger partial charge in [-0.3, -0.25) is 0 Å². The Morgan fingerprint density at radius 2 is 1.58 bits per heavy atom. The minimum absolute atomic E-state index is 1.07. The van der Waals surface area contributed by atoms with E-state index in [1.807, 2.05) is 6.20 Å². The first-order chi connectivity index (χ1) is 5.35. The highest BCUT2D eigenvalue weighted by atomic mass is 31.2. The minimum Gasteiger partial charge on any atom is -0.378 e. The molecule has 0 aliphatic heterocycles. The van der Waals surface area contributed by atoms with Crippen LogP contribution >= 0.6 is 7.82 Å². The predicted octanol–water partition coefficient (Wildman–Crippen LogP) is 0.543. The molecule has 0 aromatic rings. The Morgan fingerprint density at radius 1 is 1.33 bits per heavy atom. The first kappa shape index (κ1) is 14.2. The Balaban J connectivity index is 0. The van der Waals surface area contributed by atoms with Crippen LogP contribution in [0.4, 0.5) is 0 Å². The van der Waals surface area contributed by atoms with Gasteiger partial charge in [0.05, 0.1) is 0 Å². The van der Waals surface area contributed by atoms with Gasteiger partial charge in [0.2, 0.25) is 0 Å². The Labute approximate surface area is 72.6 Å². The van der Waals surface area contributed by atoms with Gasteiger partial charge in [0.1, 0.15) is 0 Å². The van der Waals surface area contributed by atoms with E-state index in [1.165, 1.54) is 0 Å². The molecule has 0 aromatic heterocycles. The van der Waals surface area contributed by atoms with Gasteiger partial charge in [0.15, 0.2) is 0 Å². The van der Waals surface area contributed by atoms with Crippen LogP contribution in [-0.2, 0) is 4.57 Å². The maximum Gasteiger partial charge on any atom is 0.466 e. The molecule has 0 atom stereocenters. The molecular formula is C6H16NO4P. The van der Waals surface area contributed by atoms with E-state index >= 15 is 0 Å². The minimum atomic E-state index is -4.64. The summed E-state index contributed by atoms with van der Waals surface area (Å²) >= 11 is 0. The van der Waals surface area contributed by atoms with Crippen molar-refractivity contribution in [3.05, 3.63) is 12.8 Å². The molecule has 5 nitrogen and oxygen atoms in total. The summed E-state index contributed by atoms with van der Waals surface area (Å²) in [5, 5.41) is 0. The SMILES string of the molecule is C=CN(CC)CC.O=P(O)(O)O. The van der Waals surface area contributed by atoms with Crippen LogP contribution in [-0.4, -0.2) is 32.7 Å². The molecular weight excluding hydrogens is 181 g/mol. The molecule has 0 aliphatic rings. The molecule has 0 saturated heterocycles. The average Bonchev–Trinajstić information content (AvgIpc) is 1.88. The molecule has 0 spiro atoms. The second-order valence-corrected chi connectivity index (χ2v) is 2.94. The lowest BCUT2D eigenvalue weighted by molar-refractivity contribution is 0.275. The molecule has 12 heavy (non-hydrogen) atoms. The summed E-state index contributed by atoms with van der Waals surface area (Å²) in [6.45, 7) is 10.0. The molecule has 74 valence electrons. The zero-order valence-corrected chi connectivity index (χ0v) is 8.24.